The lowest BCUT2D eigenvalue weighted by molar-refractivity contribution is 0.0929. The van der Waals surface area contributed by atoms with E-state index in [1.807, 2.05) is 25.1 Å². The van der Waals surface area contributed by atoms with Crippen LogP contribution in [0.25, 0.3) is 0 Å². The molecule has 0 radical (unpaired) electrons. The summed E-state index contributed by atoms with van der Waals surface area (Å²) in [5.74, 6) is 0.281. The largest absolute Gasteiger partial charge is 0.316 e. The number of Topliss-reactive ketones (excluding diaryl/α,β-unsaturated/α-hetero) is 1. The number of hydrogen-bond acceptors (Lipinski definition) is 2. The van der Waals surface area contributed by atoms with Gasteiger partial charge in [0.2, 0.25) is 0 Å². The minimum Gasteiger partial charge on any atom is -0.316 e. The summed E-state index contributed by atoms with van der Waals surface area (Å²) in [4.78, 5) is 12.1. The molecule has 16 heavy (non-hydrogen) atoms. The maximum absolute atomic E-state index is 12.1. The molecule has 0 amide bonds. The van der Waals surface area contributed by atoms with E-state index < -0.39 is 0 Å². The Balaban J connectivity index is 2.71. The van der Waals surface area contributed by atoms with E-state index in [1.54, 1.807) is 0 Å². The average Bonchev–Trinajstić information content (AvgIpc) is 2.35. The normalized spacial score (nSPS) is 12.4. The third-order valence-corrected chi connectivity index (χ3v) is 2.77. The molecule has 1 aromatic rings. The number of aryl methyl sites for hydroxylation is 1. The van der Waals surface area contributed by atoms with Gasteiger partial charge in [-0.25, -0.2) is 0 Å². The lowest BCUT2D eigenvalue weighted by atomic mass is 9.97. The first-order valence-electron chi connectivity index (χ1n) is 6.02. The van der Waals surface area contributed by atoms with Crippen LogP contribution in [0.2, 0.25) is 0 Å². The highest BCUT2D eigenvalue weighted by Crippen LogP contribution is 2.11. The fourth-order valence-corrected chi connectivity index (χ4v) is 1.68. The van der Waals surface area contributed by atoms with E-state index in [9.17, 15) is 4.79 Å². The van der Waals surface area contributed by atoms with Gasteiger partial charge in [-0.3, -0.25) is 4.79 Å². The van der Waals surface area contributed by atoms with Gasteiger partial charge in [-0.15, -0.1) is 0 Å². The Morgan fingerprint density at radius 2 is 2.12 bits per heavy atom. The molecule has 0 aromatic heterocycles. The van der Waals surface area contributed by atoms with Crippen LogP contribution in [0.3, 0.4) is 0 Å². The van der Waals surface area contributed by atoms with Crippen molar-refractivity contribution in [2.75, 3.05) is 13.1 Å². The number of rotatable bonds is 6. The highest BCUT2D eigenvalue weighted by atomic mass is 16.1. The highest BCUT2D eigenvalue weighted by molar-refractivity contribution is 5.97. The first kappa shape index (κ1) is 12.9. The predicted molar refractivity (Wildman–Crippen MR) is 67.9 cm³/mol. The van der Waals surface area contributed by atoms with Crippen molar-refractivity contribution in [1.29, 1.82) is 0 Å². The van der Waals surface area contributed by atoms with Gasteiger partial charge in [0.15, 0.2) is 5.78 Å². The molecular formula is C14H21NO. The van der Waals surface area contributed by atoms with Crippen molar-refractivity contribution in [3.63, 3.8) is 0 Å². The molecule has 88 valence electrons. The predicted octanol–water partition coefficient (Wildman–Crippen LogP) is 2.68. The van der Waals surface area contributed by atoms with Gasteiger partial charge in [0.05, 0.1) is 0 Å². The molecule has 0 heterocycles. The molecule has 0 bridgehead atoms. The van der Waals surface area contributed by atoms with Gasteiger partial charge >= 0.3 is 0 Å². The summed E-state index contributed by atoms with van der Waals surface area (Å²) in [5.41, 5.74) is 2.06. The van der Waals surface area contributed by atoms with Crippen LogP contribution in [0.5, 0.6) is 0 Å². The third kappa shape index (κ3) is 3.46. The minimum atomic E-state index is 0.0482. The molecule has 1 unspecified atom stereocenters. The molecule has 1 N–H and O–H groups in total. The molecular weight excluding hydrogens is 198 g/mol. The second-order valence-electron chi connectivity index (χ2n) is 4.13. The van der Waals surface area contributed by atoms with E-state index >= 15 is 0 Å². The number of benzene rings is 1. The molecule has 0 saturated carbocycles. The van der Waals surface area contributed by atoms with Crippen molar-refractivity contribution in [3.05, 3.63) is 35.4 Å². The van der Waals surface area contributed by atoms with Gasteiger partial charge in [-0.2, -0.15) is 0 Å². The number of carbonyl (C=O) groups is 1. The zero-order valence-electron chi connectivity index (χ0n) is 10.4. The average molecular weight is 219 g/mol. The van der Waals surface area contributed by atoms with Crippen LogP contribution >= 0.6 is 0 Å². The van der Waals surface area contributed by atoms with Crippen LogP contribution in [0.4, 0.5) is 0 Å². The SMILES string of the molecule is CCNCC(C)C(=O)c1cccc(CC)c1. The number of nitrogens with one attached hydrogen (secondary N) is 1. The Kier molecular flexibility index (Phi) is 5.20. The van der Waals surface area contributed by atoms with Crippen molar-refractivity contribution in [2.45, 2.75) is 27.2 Å². The molecule has 2 heteroatoms. The molecule has 0 aliphatic heterocycles. The molecule has 1 rings (SSSR count). The third-order valence-electron chi connectivity index (χ3n) is 2.77. The fraction of sp³-hybridized carbons (Fsp3) is 0.500. The smallest absolute Gasteiger partial charge is 0.166 e. The van der Waals surface area contributed by atoms with Gasteiger partial charge < -0.3 is 5.32 Å². The molecule has 0 aliphatic rings. The molecule has 1 aromatic carbocycles. The molecule has 0 aliphatic carbocycles. The summed E-state index contributed by atoms with van der Waals surface area (Å²) in [5, 5.41) is 3.21. The maximum Gasteiger partial charge on any atom is 0.166 e. The molecule has 0 fully saturated rings. The Labute approximate surface area is 98.1 Å². The van der Waals surface area contributed by atoms with E-state index in [-0.39, 0.29) is 11.7 Å². The second kappa shape index (κ2) is 6.44. The van der Waals surface area contributed by atoms with Crippen LogP contribution < -0.4 is 5.32 Å². The molecule has 0 saturated heterocycles. The summed E-state index contributed by atoms with van der Waals surface area (Å²) in [6, 6.07) is 7.94. The Hall–Kier alpha value is -1.15. The van der Waals surface area contributed by atoms with Gasteiger partial charge in [-0.1, -0.05) is 39.0 Å². The van der Waals surface area contributed by atoms with Crippen molar-refractivity contribution in [3.8, 4) is 0 Å². The quantitative estimate of drug-likeness (QED) is 0.745. The lowest BCUT2D eigenvalue weighted by Gasteiger charge is -2.11. The minimum absolute atomic E-state index is 0.0482. The summed E-state index contributed by atoms with van der Waals surface area (Å²) in [6.07, 6.45) is 0.975. The number of carbonyl (C=O) groups excluding carboxylic acids is 1. The maximum atomic E-state index is 12.1. The van der Waals surface area contributed by atoms with E-state index in [0.717, 1.165) is 25.1 Å². The Bertz CT molecular complexity index is 346. The fourth-order valence-electron chi connectivity index (χ4n) is 1.68. The first-order valence-corrected chi connectivity index (χ1v) is 6.02. The Morgan fingerprint density at radius 1 is 1.38 bits per heavy atom. The molecule has 0 spiro atoms. The van der Waals surface area contributed by atoms with Crippen molar-refractivity contribution in [1.82, 2.24) is 5.32 Å². The monoisotopic (exact) mass is 219 g/mol. The summed E-state index contributed by atoms with van der Waals surface area (Å²) >= 11 is 0. The molecule has 2 nitrogen and oxygen atoms in total. The van der Waals surface area contributed by atoms with Crippen molar-refractivity contribution >= 4 is 5.78 Å². The van der Waals surface area contributed by atoms with Crippen LogP contribution in [0, 0.1) is 5.92 Å². The number of hydrogen-bond donors (Lipinski definition) is 1. The Morgan fingerprint density at radius 3 is 2.75 bits per heavy atom. The first-order chi connectivity index (χ1) is 7.69. The van der Waals surface area contributed by atoms with Crippen LogP contribution in [-0.2, 0) is 6.42 Å². The van der Waals surface area contributed by atoms with Gasteiger partial charge in [0.25, 0.3) is 0 Å². The summed E-state index contributed by atoms with van der Waals surface area (Å²) < 4.78 is 0. The van der Waals surface area contributed by atoms with Gasteiger partial charge in [0, 0.05) is 18.0 Å². The van der Waals surface area contributed by atoms with E-state index in [4.69, 9.17) is 0 Å². The van der Waals surface area contributed by atoms with E-state index in [0.29, 0.717) is 0 Å². The van der Waals surface area contributed by atoms with Crippen LogP contribution in [0.15, 0.2) is 24.3 Å². The summed E-state index contributed by atoms with van der Waals surface area (Å²) in [7, 11) is 0. The molecule has 1 atom stereocenters. The highest BCUT2D eigenvalue weighted by Gasteiger charge is 2.14. The van der Waals surface area contributed by atoms with E-state index in [1.165, 1.54) is 5.56 Å². The zero-order chi connectivity index (χ0) is 12.0. The standard InChI is InChI=1S/C14H21NO/c1-4-12-7-6-8-13(9-12)14(16)11(3)10-15-5-2/h6-9,11,15H,4-5,10H2,1-3H3. The number of ketones is 1. The van der Waals surface area contributed by atoms with Gasteiger partial charge in [-0.05, 0) is 24.6 Å². The van der Waals surface area contributed by atoms with Crippen LogP contribution in [-0.4, -0.2) is 18.9 Å². The van der Waals surface area contributed by atoms with Crippen LogP contribution in [0.1, 0.15) is 36.7 Å². The van der Waals surface area contributed by atoms with Crippen molar-refractivity contribution < 1.29 is 4.79 Å². The van der Waals surface area contributed by atoms with Gasteiger partial charge in [0.1, 0.15) is 0 Å². The zero-order valence-corrected chi connectivity index (χ0v) is 10.4. The lowest BCUT2D eigenvalue weighted by Crippen LogP contribution is -2.26. The topological polar surface area (TPSA) is 29.1 Å². The van der Waals surface area contributed by atoms with E-state index in [2.05, 4.69) is 25.2 Å². The van der Waals surface area contributed by atoms with Crippen molar-refractivity contribution in [2.24, 2.45) is 5.92 Å². The second-order valence-corrected chi connectivity index (χ2v) is 4.13. The summed E-state index contributed by atoms with van der Waals surface area (Å²) in [6.45, 7) is 7.79.